The van der Waals surface area contributed by atoms with Gasteiger partial charge in [0.05, 0.1) is 12.7 Å². The monoisotopic (exact) mass is 399 g/mol. The molecule has 1 aromatic rings. The molecule has 6 heteroatoms. The summed E-state index contributed by atoms with van der Waals surface area (Å²) < 4.78 is 42.8. The first-order valence-electron chi connectivity index (χ1n) is 10.1. The highest BCUT2D eigenvalue weighted by molar-refractivity contribution is 7.77. The average Bonchev–Trinajstić information content (AvgIpc) is 2.65. The lowest BCUT2D eigenvalue weighted by Gasteiger charge is -2.31. The van der Waals surface area contributed by atoms with Crippen molar-refractivity contribution in [1.82, 2.24) is 4.72 Å². The molecular formula is C21H34FNO3S. The molecule has 0 aliphatic heterocycles. The number of hydrogen-bond acceptors (Lipinski definition) is 2. The van der Waals surface area contributed by atoms with Crippen LogP contribution in [0.5, 0.6) is 0 Å². The number of hydrogen-bond donors (Lipinski definition) is 2. The number of benzene rings is 1. The van der Waals surface area contributed by atoms with E-state index in [-0.39, 0.29) is 23.9 Å². The Balaban J connectivity index is 1.79. The van der Waals surface area contributed by atoms with Gasteiger partial charge in [0, 0.05) is 6.04 Å². The van der Waals surface area contributed by atoms with Crippen molar-refractivity contribution in [3.05, 3.63) is 35.6 Å². The molecule has 0 spiro atoms. The zero-order chi connectivity index (χ0) is 19.8. The Morgan fingerprint density at radius 2 is 2.00 bits per heavy atom. The number of rotatable bonds is 10. The van der Waals surface area contributed by atoms with Gasteiger partial charge in [0.1, 0.15) is 5.82 Å². The SMILES string of the molecule is CCC(C)CC(NS(=O)O)C(C)COC1CCC(c2cccc(F)c2)CC1. The summed E-state index contributed by atoms with van der Waals surface area (Å²) in [6, 6.07) is 6.90. The van der Waals surface area contributed by atoms with E-state index in [0.717, 1.165) is 44.1 Å². The quantitative estimate of drug-likeness (QED) is 0.542. The van der Waals surface area contributed by atoms with E-state index in [1.165, 1.54) is 6.07 Å². The van der Waals surface area contributed by atoms with E-state index in [4.69, 9.17) is 4.74 Å². The van der Waals surface area contributed by atoms with Gasteiger partial charge in [-0.15, -0.1) is 0 Å². The van der Waals surface area contributed by atoms with Crippen LogP contribution in [-0.2, 0) is 16.0 Å². The van der Waals surface area contributed by atoms with E-state index in [9.17, 15) is 13.2 Å². The van der Waals surface area contributed by atoms with Crippen molar-refractivity contribution in [2.45, 2.75) is 77.4 Å². The maximum Gasteiger partial charge on any atom is 0.231 e. The number of halogens is 1. The molecule has 2 N–H and O–H groups in total. The maximum atomic E-state index is 13.4. The van der Waals surface area contributed by atoms with Crippen LogP contribution < -0.4 is 4.72 Å². The standard InChI is InChI=1S/C21H34FNO3S/c1-4-15(2)12-21(23-27(24)25)16(3)14-26-20-10-8-17(9-11-20)18-6-5-7-19(22)13-18/h5-7,13,15-17,20-21,23H,4,8-12,14H2,1-3H3,(H,24,25). The van der Waals surface area contributed by atoms with E-state index in [1.54, 1.807) is 12.1 Å². The summed E-state index contributed by atoms with van der Waals surface area (Å²) in [5, 5.41) is 0. The molecule has 4 nitrogen and oxygen atoms in total. The molecular weight excluding hydrogens is 365 g/mol. The highest BCUT2D eigenvalue weighted by Crippen LogP contribution is 2.34. The van der Waals surface area contributed by atoms with Crippen molar-refractivity contribution >= 4 is 11.3 Å². The van der Waals surface area contributed by atoms with Crippen LogP contribution in [0.25, 0.3) is 0 Å². The average molecular weight is 400 g/mol. The highest BCUT2D eigenvalue weighted by atomic mass is 32.2. The minimum Gasteiger partial charge on any atom is -0.378 e. The molecule has 1 saturated carbocycles. The molecule has 154 valence electrons. The Bertz CT molecular complexity index is 593. The highest BCUT2D eigenvalue weighted by Gasteiger charge is 2.26. The third-order valence-electron chi connectivity index (χ3n) is 5.88. The van der Waals surface area contributed by atoms with Crippen LogP contribution in [0.2, 0.25) is 0 Å². The van der Waals surface area contributed by atoms with E-state index < -0.39 is 11.3 Å². The molecule has 1 aromatic carbocycles. The van der Waals surface area contributed by atoms with Crippen LogP contribution in [0.4, 0.5) is 4.39 Å². The van der Waals surface area contributed by atoms with Crippen LogP contribution in [0.1, 0.15) is 70.8 Å². The third-order valence-corrected chi connectivity index (χ3v) is 6.39. The Kier molecular flexibility index (Phi) is 9.36. The van der Waals surface area contributed by atoms with Gasteiger partial charge in [0.2, 0.25) is 11.3 Å². The molecule has 0 bridgehead atoms. The molecule has 2 rings (SSSR count). The van der Waals surface area contributed by atoms with Gasteiger partial charge in [-0.25, -0.2) is 13.3 Å². The van der Waals surface area contributed by atoms with Gasteiger partial charge in [-0.2, -0.15) is 0 Å². The smallest absolute Gasteiger partial charge is 0.231 e. The van der Waals surface area contributed by atoms with Gasteiger partial charge in [0.25, 0.3) is 0 Å². The van der Waals surface area contributed by atoms with Crippen molar-refractivity contribution in [2.75, 3.05) is 6.61 Å². The van der Waals surface area contributed by atoms with Crippen LogP contribution >= 0.6 is 0 Å². The van der Waals surface area contributed by atoms with Crippen LogP contribution in [0, 0.1) is 17.7 Å². The molecule has 0 amide bonds. The minimum absolute atomic E-state index is 0.0329. The lowest BCUT2D eigenvalue weighted by atomic mass is 9.82. The van der Waals surface area contributed by atoms with Crippen molar-refractivity contribution in [1.29, 1.82) is 0 Å². The second kappa shape index (κ2) is 11.2. The maximum absolute atomic E-state index is 13.4. The second-order valence-electron chi connectivity index (χ2n) is 8.06. The molecule has 4 unspecified atom stereocenters. The third kappa shape index (κ3) is 7.60. The summed E-state index contributed by atoms with van der Waals surface area (Å²) in [6.45, 7) is 6.96. The Labute approximate surface area is 165 Å². The zero-order valence-corrected chi connectivity index (χ0v) is 17.5. The summed E-state index contributed by atoms with van der Waals surface area (Å²) in [5.74, 6) is 0.904. The fraction of sp³-hybridized carbons (Fsp3) is 0.714. The fourth-order valence-electron chi connectivity index (χ4n) is 3.85. The van der Waals surface area contributed by atoms with Gasteiger partial charge in [-0.1, -0.05) is 39.3 Å². The first kappa shape index (κ1) is 22.5. The molecule has 1 fully saturated rings. The van der Waals surface area contributed by atoms with Gasteiger partial charge in [0.15, 0.2) is 0 Å². The van der Waals surface area contributed by atoms with Gasteiger partial charge in [-0.05, 0) is 67.6 Å². The van der Waals surface area contributed by atoms with Gasteiger partial charge < -0.3 is 4.74 Å². The molecule has 1 aliphatic carbocycles. The summed E-state index contributed by atoms with van der Waals surface area (Å²) in [4.78, 5) is 0. The van der Waals surface area contributed by atoms with E-state index in [2.05, 4.69) is 25.5 Å². The van der Waals surface area contributed by atoms with Crippen molar-refractivity contribution in [3.63, 3.8) is 0 Å². The first-order valence-corrected chi connectivity index (χ1v) is 11.2. The molecule has 4 atom stereocenters. The first-order chi connectivity index (χ1) is 12.9. The van der Waals surface area contributed by atoms with Crippen LogP contribution in [0.3, 0.4) is 0 Å². The van der Waals surface area contributed by atoms with Crippen molar-refractivity contribution in [2.24, 2.45) is 11.8 Å². The predicted octanol–water partition coefficient (Wildman–Crippen LogP) is 5.04. The summed E-state index contributed by atoms with van der Waals surface area (Å²) >= 11 is -2.01. The van der Waals surface area contributed by atoms with Crippen LogP contribution in [0.15, 0.2) is 24.3 Å². The number of ether oxygens (including phenoxy) is 1. The number of nitrogens with one attached hydrogen (secondary N) is 1. The topological polar surface area (TPSA) is 58.6 Å². The van der Waals surface area contributed by atoms with Crippen LogP contribution in [-0.4, -0.2) is 27.5 Å². The molecule has 0 heterocycles. The second-order valence-corrected chi connectivity index (χ2v) is 8.80. The largest absolute Gasteiger partial charge is 0.378 e. The van der Waals surface area contributed by atoms with E-state index in [1.807, 2.05) is 6.07 Å². The Hall–Kier alpha value is -0.820. The van der Waals surface area contributed by atoms with Crippen molar-refractivity contribution in [3.8, 4) is 0 Å². The molecule has 0 radical (unpaired) electrons. The van der Waals surface area contributed by atoms with E-state index in [0.29, 0.717) is 18.4 Å². The molecule has 0 saturated heterocycles. The Morgan fingerprint density at radius 3 is 2.59 bits per heavy atom. The molecule has 27 heavy (non-hydrogen) atoms. The minimum atomic E-state index is -2.01. The summed E-state index contributed by atoms with van der Waals surface area (Å²) in [6.07, 6.45) is 6.11. The summed E-state index contributed by atoms with van der Waals surface area (Å²) in [5.41, 5.74) is 1.09. The fourth-order valence-corrected chi connectivity index (χ4v) is 4.44. The van der Waals surface area contributed by atoms with Crippen molar-refractivity contribution < 1.29 is 17.9 Å². The van der Waals surface area contributed by atoms with Gasteiger partial charge in [-0.3, -0.25) is 4.55 Å². The lowest BCUT2D eigenvalue weighted by molar-refractivity contribution is 0.00129. The predicted molar refractivity (Wildman–Crippen MR) is 108 cm³/mol. The molecule has 1 aliphatic rings. The van der Waals surface area contributed by atoms with Gasteiger partial charge >= 0.3 is 0 Å². The lowest BCUT2D eigenvalue weighted by Crippen LogP contribution is -2.40. The summed E-state index contributed by atoms with van der Waals surface area (Å²) in [7, 11) is 0. The zero-order valence-electron chi connectivity index (χ0n) is 16.7. The Morgan fingerprint density at radius 1 is 1.30 bits per heavy atom. The van der Waals surface area contributed by atoms with E-state index >= 15 is 0 Å². The normalized spacial score (nSPS) is 24.9. The molecule has 0 aromatic heterocycles.